The molecule has 0 bridgehead atoms. The van der Waals surface area contributed by atoms with Crippen LogP contribution in [0.5, 0.6) is 11.5 Å². The van der Waals surface area contributed by atoms with Gasteiger partial charge in [-0.15, -0.1) is 0 Å². The maximum Gasteiger partial charge on any atom is 0.314 e. The molecule has 6 nitrogen and oxygen atoms in total. The van der Waals surface area contributed by atoms with E-state index in [9.17, 15) is 10.1 Å². The summed E-state index contributed by atoms with van der Waals surface area (Å²) >= 11 is 0. The second-order valence-electron chi connectivity index (χ2n) is 2.93. The van der Waals surface area contributed by atoms with E-state index in [1.807, 2.05) is 0 Å². The van der Waals surface area contributed by atoms with Crippen LogP contribution in [0, 0.1) is 10.1 Å². The van der Waals surface area contributed by atoms with Crippen LogP contribution in [0.2, 0.25) is 0 Å². The summed E-state index contributed by atoms with van der Waals surface area (Å²) in [5.74, 6) is 0.633. The van der Waals surface area contributed by atoms with Crippen LogP contribution in [-0.2, 0) is 4.74 Å². The molecule has 1 aromatic carbocycles. The van der Waals surface area contributed by atoms with Crippen LogP contribution < -0.4 is 9.47 Å². The van der Waals surface area contributed by atoms with Crippen LogP contribution >= 0.6 is 0 Å². The molecule has 88 valence electrons. The first kappa shape index (κ1) is 12.3. The molecule has 6 heteroatoms. The minimum Gasteiger partial charge on any atom is -0.496 e. The second-order valence-corrected chi connectivity index (χ2v) is 2.93. The van der Waals surface area contributed by atoms with Crippen LogP contribution in [0.15, 0.2) is 18.2 Å². The van der Waals surface area contributed by atoms with Crippen molar-refractivity contribution in [3.63, 3.8) is 0 Å². The molecule has 16 heavy (non-hydrogen) atoms. The zero-order valence-electron chi connectivity index (χ0n) is 9.13. The van der Waals surface area contributed by atoms with E-state index in [2.05, 4.69) is 0 Å². The summed E-state index contributed by atoms with van der Waals surface area (Å²) < 4.78 is 14.9. The first-order valence-corrected chi connectivity index (χ1v) is 4.63. The molecule has 0 aliphatic carbocycles. The molecule has 0 amide bonds. The van der Waals surface area contributed by atoms with Crippen LogP contribution in [0.3, 0.4) is 0 Å². The van der Waals surface area contributed by atoms with E-state index in [4.69, 9.17) is 14.2 Å². The van der Waals surface area contributed by atoms with E-state index in [-0.39, 0.29) is 18.0 Å². The normalized spacial score (nSPS) is 9.88. The average Bonchev–Trinajstić information content (AvgIpc) is 2.29. The predicted molar refractivity (Wildman–Crippen MR) is 57.0 cm³/mol. The minimum absolute atomic E-state index is 0.115. The minimum atomic E-state index is -0.509. The zero-order chi connectivity index (χ0) is 12.0. The highest BCUT2D eigenvalue weighted by Crippen LogP contribution is 2.30. The standard InChI is InChI=1S/C10H13NO5/c1-14-5-6-16-10-4-3-8(15-2)7-9(10)11(12)13/h3-4,7H,5-6H2,1-2H3. The zero-order valence-corrected chi connectivity index (χ0v) is 9.13. The first-order valence-electron chi connectivity index (χ1n) is 4.63. The Morgan fingerprint density at radius 3 is 2.62 bits per heavy atom. The molecule has 0 aliphatic heterocycles. The van der Waals surface area contributed by atoms with Crippen molar-refractivity contribution in [1.29, 1.82) is 0 Å². The van der Waals surface area contributed by atoms with Gasteiger partial charge < -0.3 is 14.2 Å². The molecule has 0 unspecified atom stereocenters. The van der Waals surface area contributed by atoms with Gasteiger partial charge in [-0.3, -0.25) is 10.1 Å². The Labute approximate surface area is 92.9 Å². The summed E-state index contributed by atoms with van der Waals surface area (Å²) in [6.45, 7) is 0.646. The quantitative estimate of drug-likeness (QED) is 0.419. The molecule has 0 heterocycles. The van der Waals surface area contributed by atoms with E-state index in [0.717, 1.165) is 0 Å². The molecule has 0 aromatic heterocycles. The molecule has 1 aromatic rings. The van der Waals surface area contributed by atoms with E-state index < -0.39 is 4.92 Å². The lowest BCUT2D eigenvalue weighted by Gasteiger charge is -2.07. The highest BCUT2D eigenvalue weighted by atomic mass is 16.6. The van der Waals surface area contributed by atoms with Crippen LogP contribution in [0.4, 0.5) is 5.69 Å². The monoisotopic (exact) mass is 227 g/mol. The Morgan fingerprint density at radius 1 is 1.31 bits per heavy atom. The molecular weight excluding hydrogens is 214 g/mol. The van der Waals surface area contributed by atoms with Gasteiger partial charge in [-0.25, -0.2) is 0 Å². The first-order chi connectivity index (χ1) is 7.69. The number of hydrogen-bond acceptors (Lipinski definition) is 5. The summed E-state index contributed by atoms with van der Waals surface area (Å²) in [5, 5.41) is 10.8. The number of nitrogens with zero attached hydrogens (tertiary/aromatic N) is 1. The van der Waals surface area contributed by atoms with Crippen molar-refractivity contribution in [3.05, 3.63) is 28.3 Å². The summed E-state index contributed by atoms with van der Waals surface area (Å²) in [6.07, 6.45) is 0. The Balaban J connectivity index is 2.85. The molecule has 0 N–H and O–H groups in total. The van der Waals surface area contributed by atoms with Crippen molar-refractivity contribution in [1.82, 2.24) is 0 Å². The lowest BCUT2D eigenvalue weighted by molar-refractivity contribution is -0.386. The van der Waals surface area contributed by atoms with Crippen molar-refractivity contribution >= 4 is 5.69 Å². The maximum absolute atomic E-state index is 10.8. The third-order valence-electron chi connectivity index (χ3n) is 1.91. The Kier molecular flexibility index (Phi) is 4.53. The number of ether oxygens (including phenoxy) is 3. The van der Waals surface area contributed by atoms with Gasteiger partial charge in [0, 0.05) is 7.11 Å². The van der Waals surface area contributed by atoms with Crippen LogP contribution in [0.1, 0.15) is 0 Å². The number of hydrogen-bond donors (Lipinski definition) is 0. The molecule has 0 fully saturated rings. The fourth-order valence-electron chi connectivity index (χ4n) is 1.12. The molecule has 0 atom stereocenters. The Hall–Kier alpha value is -1.82. The third-order valence-corrected chi connectivity index (χ3v) is 1.91. The number of benzene rings is 1. The van der Waals surface area contributed by atoms with Gasteiger partial charge in [0.25, 0.3) is 0 Å². The van der Waals surface area contributed by atoms with Crippen LogP contribution in [0.25, 0.3) is 0 Å². The summed E-state index contributed by atoms with van der Waals surface area (Å²) in [4.78, 5) is 10.3. The second kappa shape index (κ2) is 5.92. The fourth-order valence-corrected chi connectivity index (χ4v) is 1.12. The van der Waals surface area contributed by atoms with E-state index in [1.54, 1.807) is 6.07 Å². The van der Waals surface area contributed by atoms with Gasteiger partial charge in [-0.2, -0.15) is 0 Å². The highest BCUT2D eigenvalue weighted by Gasteiger charge is 2.16. The van der Waals surface area contributed by atoms with Crippen molar-refractivity contribution in [2.45, 2.75) is 0 Å². The number of nitro groups is 1. The van der Waals surface area contributed by atoms with Gasteiger partial charge >= 0.3 is 5.69 Å². The van der Waals surface area contributed by atoms with Crippen LogP contribution in [-0.4, -0.2) is 32.4 Å². The fraction of sp³-hybridized carbons (Fsp3) is 0.400. The van der Waals surface area contributed by atoms with Crippen molar-refractivity contribution < 1.29 is 19.1 Å². The molecule has 0 spiro atoms. The molecular formula is C10H13NO5. The molecule has 1 rings (SSSR count). The van der Waals surface area contributed by atoms with E-state index >= 15 is 0 Å². The largest absolute Gasteiger partial charge is 0.496 e. The average molecular weight is 227 g/mol. The van der Waals surface area contributed by atoms with Gasteiger partial charge in [-0.05, 0) is 12.1 Å². The Morgan fingerprint density at radius 2 is 2.06 bits per heavy atom. The van der Waals surface area contributed by atoms with Gasteiger partial charge in [-0.1, -0.05) is 0 Å². The maximum atomic E-state index is 10.8. The van der Waals surface area contributed by atoms with Gasteiger partial charge in [0.15, 0.2) is 5.75 Å². The van der Waals surface area contributed by atoms with Gasteiger partial charge in [0.05, 0.1) is 24.7 Å². The van der Waals surface area contributed by atoms with E-state index in [0.29, 0.717) is 12.4 Å². The molecule has 0 saturated heterocycles. The van der Waals surface area contributed by atoms with Crippen molar-refractivity contribution in [2.75, 3.05) is 27.4 Å². The predicted octanol–water partition coefficient (Wildman–Crippen LogP) is 1.63. The van der Waals surface area contributed by atoms with Gasteiger partial charge in [0.2, 0.25) is 0 Å². The summed E-state index contributed by atoms with van der Waals surface area (Å²) in [6, 6.07) is 4.43. The van der Waals surface area contributed by atoms with Gasteiger partial charge in [0.1, 0.15) is 12.4 Å². The van der Waals surface area contributed by atoms with Crippen molar-refractivity contribution in [3.8, 4) is 11.5 Å². The highest BCUT2D eigenvalue weighted by molar-refractivity contribution is 5.50. The lowest BCUT2D eigenvalue weighted by Crippen LogP contribution is -2.06. The molecule has 0 radical (unpaired) electrons. The summed E-state index contributed by atoms with van der Waals surface area (Å²) in [5.41, 5.74) is -0.115. The topological polar surface area (TPSA) is 70.8 Å². The smallest absolute Gasteiger partial charge is 0.314 e. The number of nitro benzene ring substituents is 1. The third kappa shape index (κ3) is 3.09. The Bertz CT molecular complexity index is 366. The van der Waals surface area contributed by atoms with Crippen molar-refractivity contribution in [2.24, 2.45) is 0 Å². The number of rotatable bonds is 6. The molecule has 0 saturated carbocycles. The lowest BCUT2D eigenvalue weighted by atomic mass is 10.3. The summed E-state index contributed by atoms with van der Waals surface area (Å²) in [7, 11) is 2.98. The van der Waals surface area contributed by atoms with E-state index in [1.165, 1.54) is 26.4 Å². The number of methoxy groups -OCH3 is 2. The molecule has 0 aliphatic rings. The SMILES string of the molecule is COCCOc1ccc(OC)cc1[N+](=O)[O-].